The topological polar surface area (TPSA) is 108 Å². The predicted molar refractivity (Wildman–Crippen MR) is 90.2 cm³/mol. The van der Waals surface area contributed by atoms with Crippen molar-refractivity contribution >= 4 is 39.2 Å². The number of hydrogen-bond acceptors (Lipinski definition) is 8. The van der Waals surface area contributed by atoms with Gasteiger partial charge in [-0.1, -0.05) is 0 Å². The van der Waals surface area contributed by atoms with E-state index in [9.17, 15) is 32.9 Å². The van der Waals surface area contributed by atoms with Gasteiger partial charge in [-0.2, -0.15) is 13.2 Å². The van der Waals surface area contributed by atoms with Crippen LogP contribution in [0.1, 0.15) is 5.56 Å². The van der Waals surface area contributed by atoms with Crippen LogP contribution in [0, 0.1) is 10.1 Å². The Labute approximate surface area is 163 Å². The minimum absolute atomic E-state index is 0.304. The van der Waals surface area contributed by atoms with Crippen LogP contribution < -0.4 is 4.90 Å². The van der Waals surface area contributed by atoms with E-state index in [1.165, 1.54) is 0 Å². The zero-order valence-electron chi connectivity index (χ0n) is 14.3. The molecule has 1 aromatic carbocycles. The smallest absolute Gasteiger partial charge is 0.416 e. The number of halogens is 4. The first-order valence-electron chi connectivity index (χ1n) is 7.33. The fourth-order valence-corrected chi connectivity index (χ4v) is 3.14. The lowest BCUT2D eigenvalue weighted by Crippen LogP contribution is -2.39. The van der Waals surface area contributed by atoms with Gasteiger partial charge >= 0.3 is 18.1 Å². The van der Waals surface area contributed by atoms with Crippen molar-refractivity contribution in [2.45, 2.75) is 6.18 Å². The van der Waals surface area contributed by atoms with Gasteiger partial charge in [-0.3, -0.25) is 10.1 Å². The minimum atomic E-state index is -4.84. The van der Waals surface area contributed by atoms with Crippen LogP contribution in [0.25, 0.3) is 0 Å². The summed E-state index contributed by atoms with van der Waals surface area (Å²) < 4.78 is 53.1. The van der Waals surface area contributed by atoms with Crippen LogP contribution in [0.3, 0.4) is 0 Å². The number of rotatable bonds is 4. The highest BCUT2D eigenvalue weighted by atomic mass is 79.9. The summed E-state index contributed by atoms with van der Waals surface area (Å²) in [5.41, 5.74) is -3.40. The lowest BCUT2D eigenvalue weighted by atomic mass is 10.1. The molecule has 152 valence electrons. The lowest BCUT2D eigenvalue weighted by molar-refractivity contribution is -0.384. The van der Waals surface area contributed by atoms with E-state index in [1.54, 1.807) is 0 Å². The molecule has 1 heterocycles. The Bertz CT molecular complexity index is 870. The normalized spacial score (nSPS) is 14.7. The van der Waals surface area contributed by atoms with Crippen molar-refractivity contribution in [1.82, 2.24) is 0 Å². The first kappa shape index (κ1) is 21.6. The third-order valence-corrected chi connectivity index (χ3v) is 4.27. The van der Waals surface area contributed by atoms with Gasteiger partial charge in [-0.05, 0) is 22.0 Å². The SMILES string of the molecule is COC(=O)C1=C(C(=O)OC)N(c2c(Br)cc(C(F)(F)F)cc2[N+](=O)[O-])COC1. The second kappa shape index (κ2) is 8.14. The van der Waals surface area contributed by atoms with Gasteiger partial charge in [0.05, 0.1) is 36.9 Å². The number of methoxy groups -OCH3 is 2. The van der Waals surface area contributed by atoms with Gasteiger partial charge in [0, 0.05) is 10.5 Å². The molecule has 0 saturated carbocycles. The molecule has 0 spiro atoms. The van der Waals surface area contributed by atoms with Crippen LogP contribution in [-0.2, 0) is 30.0 Å². The monoisotopic (exact) mass is 468 g/mol. The van der Waals surface area contributed by atoms with Crippen LogP contribution >= 0.6 is 15.9 Å². The Balaban J connectivity index is 2.79. The van der Waals surface area contributed by atoms with Gasteiger partial charge in [0.1, 0.15) is 18.1 Å². The summed E-state index contributed by atoms with van der Waals surface area (Å²) in [5, 5.41) is 11.4. The Kier molecular flexibility index (Phi) is 6.29. The number of hydrogen-bond donors (Lipinski definition) is 0. The number of anilines is 1. The molecule has 1 aliphatic heterocycles. The van der Waals surface area contributed by atoms with Crippen molar-refractivity contribution in [2.75, 3.05) is 32.5 Å². The van der Waals surface area contributed by atoms with E-state index >= 15 is 0 Å². The summed E-state index contributed by atoms with van der Waals surface area (Å²) >= 11 is 2.87. The average Bonchev–Trinajstić information content (AvgIpc) is 2.64. The Morgan fingerprint density at radius 2 is 1.86 bits per heavy atom. The van der Waals surface area contributed by atoms with Gasteiger partial charge < -0.3 is 19.1 Å². The maximum atomic E-state index is 13.0. The number of benzene rings is 1. The fourth-order valence-electron chi connectivity index (χ4n) is 2.47. The molecule has 0 radical (unpaired) electrons. The second-order valence-corrected chi connectivity index (χ2v) is 6.15. The number of alkyl halides is 3. The number of nitro groups is 1. The summed E-state index contributed by atoms with van der Waals surface area (Å²) in [7, 11) is 2.05. The van der Waals surface area contributed by atoms with E-state index in [0.29, 0.717) is 12.1 Å². The zero-order valence-corrected chi connectivity index (χ0v) is 15.9. The highest BCUT2D eigenvalue weighted by Gasteiger charge is 2.39. The van der Waals surface area contributed by atoms with Crippen molar-refractivity contribution in [3.63, 3.8) is 0 Å². The Hall–Kier alpha value is -2.67. The van der Waals surface area contributed by atoms with Gasteiger partial charge in [-0.15, -0.1) is 0 Å². The summed E-state index contributed by atoms with van der Waals surface area (Å²) in [6, 6.07) is 0.936. The molecule has 0 aromatic heterocycles. The van der Waals surface area contributed by atoms with Crippen molar-refractivity contribution in [3.8, 4) is 0 Å². The molecular formula is C15H12BrF3N2O7. The van der Waals surface area contributed by atoms with E-state index in [-0.39, 0.29) is 16.7 Å². The van der Waals surface area contributed by atoms with Crippen molar-refractivity contribution in [1.29, 1.82) is 0 Å². The molecule has 13 heteroatoms. The number of nitrogens with zero attached hydrogens (tertiary/aromatic N) is 2. The van der Waals surface area contributed by atoms with E-state index in [0.717, 1.165) is 19.1 Å². The maximum absolute atomic E-state index is 13.0. The second-order valence-electron chi connectivity index (χ2n) is 5.30. The third kappa shape index (κ3) is 4.09. The highest BCUT2D eigenvalue weighted by Crippen LogP contribution is 2.44. The molecular weight excluding hydrogens is 457 g/mol. The number of esters is 2. The van der Waals surface area contributed by atoms with Crippen LogP contribution in [0.15, 0.2) is 27.9 Å². The Morgan fingerprint density at radius 3 is 2.36 bits per heavy atom. The average molecular weight is 469 g/mol. The van der Waals surface area contributed by atoms with Crippen LogP contribution in [0.4, 0.5) is 24.5 Å². The molecule has 28 heavy (non-hydrogen) atoms. The number of ether oxygens (including phenoxy) is 3. The van der Waals surface area contributed by atoms with E-state index < -0.39 is 52.4 Å². The van der Waals surface area contributed by atoms with E-state index in [1.807, 2.05) is 0 Å². The minimum Gasteiger partial charge on any atom is -0.466 e. The molecule has 0 fully saturated rings. The van der Waals surface area contributed by atoms with Gasteiger partial charge in [0.15, 0.2) is 0 Å². The van der Waals surface area contributed by atoms with Crippen molar-refractivity contribution in [3.05, 3.63) is 43.6 Å². The Morgan fingerprint density at radius 1 is 1.25 bits per heavy atom. The third-order valence-electron chi connectivity index (χ3n) is 3.67. The molecule has 0 unspecified atom stereocenters. The molecule has 0 atom stereocenters. The van der Waals surface area contributed by atoms with E-state index in [2.05, 4.69) is 25.4 Å². The number of nitro benzene ring substituents is 1. The fraction of sp³-hybridized carbons (Fsp3) is 0.333. The lowest BCUT2D eigenvalue weighted by Gasteiger charge is -2.31. The molecule has 9 nitrogen and oxygen atoms in total. The van der Waals surface area contributed by atoms with Crippen LogP contribution in [0.2, 0.25) is 0 Å². The molecule has 0 N–H and O–H groups in total. The van der Waals surface area contributed by atoms with Crippen LogP contribution in [0.5, 0.6) is 0 Å². The quantitative estimate of drug-likeness (QED) is 0.377. The standard InChI is InChI=1S/C15H12BrF3N2O7/c1-26-13(22)8-5-28-6-20(11(8)14(23)27-2)12-9(16)3-7(15(17,18)19)4-10(12)21(24)25/h3-4H,5-6H2,1-2H3. The largest absolute Gasteiger partial charge is 0.466 e. The zero-order chi connectivity index (χ0) is 21.2. The van der Waals surface area contributed by atoms with Crippen molar-refractivity contribution in [2.24, 2.45) is 0 Å². The maximum Gasteiger partial charge on any atom is 0.416 e. The van der Waals surface area contributed by atoms with Crippen molar-refractivity contribution < 1.29 is 41.9 Å². The van der Waals surface area contributed by atoms with Gasteiger partial charge in [-0.25, -0.2) is 9.59 Å². The summed E-state index contributed by atoms with van der Waals surface area (Å²) in [6.07, 6.45) is -4.84. The molecule has 2 rings (SSSR count). The first-order chi connectivity index (χ1) is 13.0. The molecule has 0 saturated heterocycles. The summed E-state index contributed by atoms with van der Waals surface area (Å²) in [6.45, 7) is -0.824. The molecule has 0 amide bonds. The first-order valence-corrected chi connectivity index (χ1v) is 8.12. The van der Waals surface area contributed by atoms with Gasteiger partial charge in [0.2, 0.25) is 0 Å². The van der Waals surface area contributed by atoms with E-state index in [4.69, 9.17) is 4.74 Å². The van der Waals surface area contributed by atoms with Gasteiger partial charge in [0.25, 0.3) is 5.69 Å². The highest BCUT2D eigenvalue weighted by molar-refractivity contribution is 9.10. The number of carbonyl (C=O) groups is 2. The number of carbonyl (C=O) groups excluding carboxylic acids is 2. The molecule has 1 aromatic rings. The predicted octanol–water partition coefficient (Wildman–Crippen LogP) is 2.77. The molecule has 1 aliphatic rings. The molecule has 0 aliphatic carbocycles. The van der Waals surface area contributed by atoms with Crippen LogP contribution in [-0.4, -0.2) is 44.4 Å². The summed E-state index contributed by atoms with van der Waals surface area (Å²) in [4.78, 5) is 35.5. The molecule has 0 bridgehead atoms. The summed E-state index contributed by atoms with van der Waals surface area (Å²) in [5.74, 6) is -2.01.